The molecule has 0 aliphatic heterocycles. The van der Waals surface area contributed by atoms with Crippen molar-refractivity contribution in [1.29, 1.82) is 5.26 Å². The predicted octanol–water partition coefficient (Wildman–Crippen LogP) is 2.15. The third-order valence-corrected chi connectivity index (χ3v) is 2.86. The van der Waals surface area contributed by atoms with E-state index in [1.807, 2.05) is 24.3 Å². The molecule has 0 unspecified atom stereocenters. The minimum absolute atomic E-state index is 0.392. The maximum Gasteiger partial charge on any atom is 0.154 e. The Morgan fingerprint density at radius 1 is 1.05 bits per heavy atom. The van der Waals surface area contributed by atoms with E-state index in [2.05, 4.69) is 21.3 Å². The molecule has 0 spiro atoms. The summed E-state index contributed by atoms with van der Waals surface area (Å²) in [5.41, 5.74) is 7.73. The number of pyridine rings is 1. The molecule has 2 N–H and O–H groups in total. The van der Waals surface area contributed by atoms with E-state index in [4.69, 9.17) is 11.0 Å². The highest BCUT2D eigenvalue weighted by Crippen LogP contribution is 2.28. The SMILES string of the molecule is N#Cc1cncc(-c2nnc(N)c3ccccc23)c1. The van der Waals surface area contributed by atoms with Gasteiger partial charge in [0.25, 0.3) is 0 Å². The molecule has 1 aromatic carbocycles. The lowest BCUT2D eigenvalue weighted by Crippen LogP contribution is -1.97. The minimum atomic E-state index is 0.392. The van der Waals surface area contributed by atoms with Gasteiger partial charge in [0.15, 0.2) is 5.82 Å². The van der Waals surface area contributed by atoms with E-state index in [0.29, 0.717) is 17.1 Å². The Hall–Kier alpha value is -3.00. The van der Waals surface area contributed by atoms with Crippen LogP contribution in [-0.2, 0) is 0 Å². The first-order valence-corrected chi connectivity index (χ1v) is 5.66. The summed E-state index contributed by atoms with van der Waals surface area (Å²) in [7, 11) is 0. The lowest BCUT2D eigenvalue weighted by atomic mass is 10.1. The number of anilines is 1. The lowest BCUT2D eigenvalue weighted by molar-refractivity contribution is 1.06. The molecule has 0 saturated heterocycles. The van der Waals surface area contributed by atoms with Gasteiger partial charge in [-0.2, -0.15) is 5.26 Å². The van der Waals surface area contributed by atoms with Crippen LogP contribution in [0.15, 0.2) is 42.7 Å². The van der Waals surface area contributed by atoms with Gasteiger partial charge in [0.05, 0.1) is 5.56 Å². The van der Waals surface area contributed by atoms with Crippen LogP contribution >= 0.6 is 0 Å². The Morgan fingerprint density at radius 3 is 2.63 bits per heavy atom. The van der Waals surface area contributed by atoms with Gasteiger partial charge in [0.1, 0.15) is 11.8 Å². The quantitative estimate of drug-likeness (QED) is 0.711. The van der Waals surface area contributed by atoms with Crippen molar-refractivity contribution in [1.82, 2.24) is 15.2 Å². The second-order valence-electron chi connectivity index (χ2n) is 4.05. The van der Waals surface area contributed by atoms with E-state index in [0.717, 1.165) is 16.3 Å². The van der Waals surface area contributed by atoms with E-state index < -0.39 is 0 Å². The monoisotopic (exact) mass is 247 g/mol. The number of rotatable bonds is 1. The van der Waals surface area contributed by atoms with Gasteiger partial charge in [-0.1, -0.05) is 24.3 Å². The maximum atomic E-state index is 8.92. The van der Waals surface area contributed by atoms with Gasteiger partial charge in [0.2, 0.25) is 0 Å². The molecule has 0 aliphatic carbocycles. The van der Waals surface area contributed by atoms with Gasteiger partial charge in [0, 0.05) is 28.7 Å². The Kier molecular flexibility index (Phi) is 2.54. The van der Waals surface area contributed by atoms with E-state index in [-0.39, 0.29) is 0 Å². The van der Waals surface area contributed by atoms with Gasteiger partial charge in [-0.3, -0.25) is 4.98 Å². The molecule has 90 valence electrons. The van der Waals surface area contributed by atoms with Crippen molar-refractivity contribution in [2.45, 2.75) is 0 Å². The van der Waals surface area contributed by atoms with Crippen LogP contribution in [0.5, 0.6) is 0 Å². The predicted molar refractivity (Wildman–Crippen MR) is 71.9 cm³/mol. The Balaban J connectivity index is 2.31. The Morgan fingerprint density at radius 2 is 1.84 bits per heavy atom. The van der Waals surface area contributed by atoms with E-state index in [9.17, 15) is 0 Å². The average Bonchev–Trinajstić information content (AvgIpc) is 2.48. The largest absolute Gasteiger partial charge is 0.382 e. The van der Waals surface area contributed by atoms with Gasteiger partial charge in [-0.15, -0.1) is 10.2 Å². The number of nitriles is 1. The number of hydrogen-bond donors (Lipinski definition) is 1. The first kappa shape index (κ1) is 11.1. The molecule has 5 nitrogen and oxygen atoms in total. The average molecular weight is 247 g/mol. The summed E-state index contributed by atoms with van der Waals surface area (Å²) in [5, 5.41) is 18.7. The molecule has 2 aromatic heterocycles. The van der Waals surface area contributed by atoms with Crippen molar-refractivity contribution in [3.05, 3.63) is 48.3 Å². The van der Waals surface area contributed by atoms with Crippen molar-refractivity contribution in [3.63, 3.8) is 0 Å². The third kappa shape index (κ3) is 1.85. The molecule has 0 amide bonds. The van der Waals surface area contributed by atoms with Crippen LogP contribution < -0.4 is 5.73 Å². The van der Waals surface area contributed by atoms with Crippen LogP contribution in [0.4, 0.5) is 5.82 Å². The fourth-order valence-corrected chi connectivity index (χ4v) is 1.97. The molecule has 3 aromatic rings. The fourth-order valence-electron chi connectivity index (χ4n) is 1.97. The van der Waals surface area contributed by atoms with Crippen LogP contribution in [0.3, 0.4) is 0 Å². The minimum Gasteiger partial charge on any atom is -0.382 e. The third-order valence-electron chi connectivity index (χ3n) is 2.86. The zero-order valence-electron chi connectivity index (χ0n) is 9.91. The number of hydrogen-bond acceptors (Lipinski definition) is 5. The molecule has 5 heteroatoms. The molecule has 0 saturated carbocycles. The molecular formula is C14H9N5. The first-order chi connectivity index (χ1) is 9.29. The normalized spacial score (nSPS) is 10.3. The number of nitrogens with zero attached hydrogens (tertiary/aromatic N) is 4. The second-order valence-corrected chi connectivity index (χ2v) is 4.05. The smallest absolute Gasteiger partial charge is 0.154 e. The number of aromatic nitrogens is 3. The van der Waals surface area contributed by atoms with Crippen LogP contribution in [0, 0.1) is 11.3 Å². The van der Waals surface area contributed by atoms with E-state index >= 15 is 0 Å². The van der Waals surface area contributed by atoms with Crippen LogP contribution in [0.1, 0.15) is 5.56 Å². The summed E-state index contributed by atoms with van der Waals surface area (Å²) < 4.78 is 0. The summed E-state index contributed by atoms with van der Waals surface area (Å²) in [6.45, 7) is 0. The molecular weight excluding hydrogens is 238 g/mol. The van der Waals surface area contributed by atoms with E-state index in [1.165, 1.54) is 6.20 Å². The summed E-state index contributed by atoms with van der Waals surface area (Å²) in [5.74, 6) is 0.392. The lowest BCUT2D eigenvalue weighted by Gasteiger charge is -2.06. The van der Waals surface area contributed by atoms with Gasteiger partial charge >= 0.3 is 0 Å². The topological polar surface area (TPSA) is 88.5 Å². The van der Waals surface area contributed by atoms with Crippen LogP contribution in [-0.4, -0.2) is 15.2 Å². The van der Waals surface area contributed by atoms with Crippen LogP contribution in [0.2, 0.25) is 0 Å². The number of fused-ring (bicyclic) bond motifs is 1. The highest BCUT2D eigenvalue weighted by molar-refractivity contribution is 5.99. The van der Waals surface area contributed by atoms with Gasteiger partial charge < -0.3 is 5.73 Å². The highest BCUT2D eigenvalue weighted by atomic mass is 15.1. The molecule has 0 aliphatic rings. The molecule has 0 radical (unpaired) electrons. The van der Waals surface area contributed by atoms with Crippen molar-refractivity contribution in [3.8, 4) is 17.3 Å². The maximum absolute atomic E-state index is 8.92. The van der Waals surface area contributed by atoms with Crippen molar-refractivity contribution in [2.24, 2.45) is 0 Å². The summed E-state index contributed by atoms with van der Waals surface area (Å²) in [6, 6.07) is 11.4. The van der Waals surface area contributed by atoms with Crippen molar-refractivity contribution < 1.29 is 0 Å². The van der Waals surface area contributed by atoms with E-state index in [1.54, 1.807) is 12.3 Å². The fraction of sp³-hybridized carbons (Fsp3) is 0. The number of nitrogens with two attached hydrogens (primary N) is 1. The molecule has 19 heavy (non-hydrogen) atoms. The highest BCUT2D eigenvalue weighted by Gasteiger charge is 2.09. The number of benzene rings is 1. The zero-order valence-corrected chi connectivity index (χ0v) is 9.91. The van der Waals surface area contributed by atoms with Gasteiger partial charge in [-0.25, -0.2) is 0 Å². The zero-order chi connectivity index (χ0) is 13.2. The molecule has 2 heterocycles. The first-order valence-electron chi connectivity index (χ1n) is 5.66. The number of nitrogen functional groups attached to an aromatic ring is 1. The Labute approximate surface area is 109 Å². The van der Waals surface area contributed by atoms with Crippen molar-refractivity contribution >= 4 is 16.6 Å². The summed E-state index contributed by atoms with van der Waals surface area (Å²) >= 11 is 0. The molecule has 0 atom stereocenters. The standard InChI is InChI=1S/C14H9N5/c15-6-9-5-10(8-17-7-9)13-11-3-1-2-4-12(11)14(16)19-18-13/h1-5,7-8H,(H2,16,19). The van der Waals surface area contributed by atoms with Gasteiger partial charge in [-0.05, 0) is 6.07 Å². The molecule has 0 bridgehead atoms. The van der Waals surface area contributed by atoms with Crippen molar-refractivity contribution in [2.75, 3.05) is 5.73 Å². The Bertz CT molecular complexity index is 804. The summed E-state index contributed by atoms with van der Waals surface area (Å²) in [6.07, 6.45) is 3.17. The second kappa shape index (κ2) is 4.35. The molecule has 0 fully saturated rings. The summed E-state index contributed by atoms with van der Waals surface area (Å²) in [4.78, 5) is 4.04. The van der Waals surface area contributed by atoms with Crippen LogP contribution in [0.25, 0.3) is 22.0 Å². The molecule has 3 rings (SSSR count).